The van der Waals surface area contributed by atoms with Crippen LogP contribution in [0.15, 0.2) is 0 Å². The van der Waals surface area contributed by atoms with Crippen LogP contribution >= 0.6 is 0 Å². The summed E-state index contributed by atoms with van der Waals surface area (Å²) in [7, 11) is 0. The van der Waals surface area contributed by atoms with Crippen LogP contribution in [0, 0.1) is 11.3 Å². The van der Waals surface area contributed by atoms with Crippen molar-refractivity contribution in [3.8, 4) is 0 Å². The van der Waals surface area contributed by atoms with Crippen molar-refractivity contribution in [1.82, 2.24) is 5.32 Å². The van der Waals surface area contributed by atoms with E-state index in [1.54, 1.807) is 0 Å². The molecule has 4 heteroatoms. The normalized spacial score (nSPS) is 27.8. The molecule has 0 aromatic carbocycles. The molecular weight excluding hydrogens is 204 g/mol. The summed E-state index contributed by atoms with van der Waals surface area (Å²) in [5.41, 5.74) is 5.62. The Balaban J connectivity index is 2.35. The van der Waals surface area contributed by atoms with Crippen molar-refractivity contribution in [3.63, 3.8) is 0 Å². The Morgan fingerprint density at radius 2 is 2.12 bits per heavy atom. The Morgan fingerprint density at radius 3 is 2.56 bits per heavy atom. The zero-order valence-electron chi connectivity index (χ0n) is 10.5. The lowest BCUT2D eigenvalue weighted by molar-refractivity contribution is -0.124. The molecule has 1 saturated carbocycles. The van der Waals surface area contributed by atoms with Crippen LogP contribution < -0.4 is 11.1 Å². The summed E-state index contributed by atoms with van der Waals surface area (Å²) in [5.74, 6) is 0.0859. The van der Waals surface area contributed by atoms with E-state index in [9.17, 15) is 9.90 Å². The fourth-order valence-corrected chi connectivity index (χ4v) is 1.99. The molecule has 1 aliphatic carbocycles. The lowest BCUT2D eigenvalue weighted by atomic mass is 9.87. The first kappa shape index (κ1) is 13.5. The minimum Gasteiger partial charge on any atom is -0.393 e. The molecule has 0 aromatic rings. The summed E-state index contributed by atoms with van der Waals surface area (Å²) in [4.78, 5) is 11.7. The predicted molar refractivity (Wildman–Crippen MR) is 63.8 cm³/mol. The molecule has 4 N–H and O–H groups in total. The van der Waals surface area contributed by atoms with E-state index in [0.717, 1.165) is 19.3 Å². The molecule has 1 fully saturated rings. The molecule has 1 rings (SSSR count). The van der Waals surface area contributed by atoms with Crippen LogP contribution in [-0.4, -0.2) is 29.7 Å². The van der Waals surface area contributed by atoms with Crippen molar-refractivity contribution < 1.29 is 9.90 Å². The number of nitrogens with two attached hydrogens (primary N) is 1. The average molecular weight is 228 g/mol. The number of hydrogen-bond acceptors (Lipinski definition) is 3. The molecule has 94 valence electrons. The molecule has 0 heterocycles. The second-order valence-corrected chi connectivity index (χ2v) is 5.85. The number of rotatable bonds is 3. The zero-order valence-corrected chi connectivity index (χ0v) is 10.5. The maximum atomic E-state index is 11.7. The minimum absolute atomic E-state index is 0.119. The number of nitrogens with one attached hydrogen (secondary N) is 1. The van der Waals surface area contributed by atoms with Gasteiger partial charge in [-0.25, -0.2) is 0 Å². The minimum atomic E-state index is -0.494. The van der Waals surface area contributed by atoms with Gasteiger partial charge in [-0.1, -0.05) is 27.2 Å². The first-order valence-electron chi connectivity index (χ1n) is 6.03. The van der Waals surface area contributed by atoms with Gasteiger partial charge in [-0.05, 0) is 18.3 Å². The van der Waals surface area contributed by atoms with Crippen LogP contribution in [0.5, 0.6) is 0 Å². The third kappa shape index (κ3) is 3.46. The van der Waals surface area contributed by atoms with Gasteiger partial charge in [0.25, 0.3) is 0 Å². The van der Waals surface area contributed by atoms with Crippen LogP contribution in [0.4, 0.5) is 0 Å². The van der Waals surface area contributed by atoms with E-state index >= 15 is 0 Å². The molecule has 0 saturated heterocycles. The van der Waals surface area contributed by atoms with Crippen LogP contribution in [0.2, 0.25) is 0 Å². The maximum absolute atomic E-state index is 11.7. The van der Waals surface area contributed by atoms with Crippen LogP contribution in [0.3, 0.4) is 0 Å². The van der Waals surface area contributed by atoms with E-state index < -0.39 is 6.04 Å². The highest BCUT2D eigenvalue weighted by Gasteiger charge is 2.29. The van der Waals surface area contributed by atoms with Gasteiger partial charge in [0.05, 0.1) is 12.1 Å². The van der Waals surface area contributed by atoms with Crippen molar-refractivity contribution >= 4 is 5.91 Å². The molecule has 0 radical (unpaired) electrons. The molecule has 1 amide bonds. The lowest BCUT2D eigenvalue weighted by Gasteiger charge is -2.26. The van der Waals surface area contributed by atoms with Crippen molar-refractivity contribution in [2.24, 2.45) is 17.1 Å². The van der Waals surface area contributed by atoms with Gasteiger partial charge in [0.15, 0.2) is 0 Å². The number of carbonyl (C=O) groups is 1. The SMILES string of the molecule is CC(C)(C)[C@@H](N)C(=O)NCC1CCCC1O. The van der Waals surface area contributed by atoms with Crippen molar-refractivity contribution in [2.75, 3.05) is 6.54 Å². The zero-order chi connectivity index (χ0) is 12.3. The summed E-state index contributed by atoms with van der Waals surface area (Å²) >= 11 is 0. The molecule has 16 heavy (non-hydrogen) atoms. The largest absolute Gasteiger partial charge is 0.393 e. The summed E-state index contributed by atoms with van der Waals surface area (Å²) in [5, 5.41) is 12.5. The second-order valence-electron chi connectivity index (χ2n) is 5.85. The van der Waals surface area contributed by atoms with E-state index in [1.165, 1.54) is 0 Å². The molecule has 0 aromatic heterocycles. The van der Waals surface area contributed by atoms with E-state index in [1.807, 2.05) is 20.8 Å². The van der Waals surface area contributed by atoms with Gasteiger partial charge < -0.3 is 16.2 Å². The monoisotopic (exact) mass is 228 g/mol. The smallest absolute Gasteiger partial charge is 0.237 e. The molecule has 0 bridgehead atoms. The Labute approximate surface area is 97.6 Å². The number of carbonyl (C=O) groups excluding carboxylic acids is 1. The summed E-state index contributed by atoms with van der Waals surface area (Å²) in [6.07, 6.45) is 2.64. The van der Waals surface area contributed by atoms with Gasteiger partial charge in [0, 0.05) is 12.5 Å². The third-order valence-electron chi connectivity index (χ3n) is 3.37. The van der Waals surface area contributed by atoms with Crippen LogP contribution in [0.1, 0.15) is 40.0 Å². The Hall–Kier alpha value is -0.610. The molecule has 0 spiro atoms. The van der Waals surface area contributed by atoms with Gasteiger partial charge in [0.1, 0.15) is 0 Å². The first-order valence-corrected chi connectivity index (χ1v) is 6.03. The summed E-state index contributed by atoms with van der Waals surface area (Å²) in [6.45, 7) is 6.38. The lowest BCUT2D eigenvalue weighted by Crippen LogP contribution is -2.49. The van der Waals surface area contributed by atoms with Crippen molar-refractivity contribution in [3.05, 3.63) is 0 Å². The molecular formula is C12H24N2O2. The summed E-state index contributed by atoms with van der Waals surface area (Å²) in [6, 6.07) is -0.494. The van der Waals surface area contributed by atoms with Crippen LogP contribution in [0.25, 0.3) is 0 Å². The molecule has 4 nitrogen and oxygen atoms in total. The highest BCUT2D eigenvalue weighted by atomic mass is 16.3. The van der Waals surface area contributed by atoms with Gasteiger partial charge in [-0.2, -0.15) is 0 Å². The Kier molecular flexibility index (Phi) is 4.33. The third-order valence-corrected chi connectivity index (χ3v) is 3.37. The highest BCUT2D eigenvalue weighted by molar-refractivity contribution is 5.82. The number of hydrogen-bond donors (Lipinski definition) is 3. The first-order chi connectivity index (χ1) is 7.32. The standard InChI is InChI=1S/C12H24N2O2/c1-12(2,3)10(13)11(16)14-7-8-5-4-6-9(8)15/h8-10,15H,4-7,13H2,1-3H3,(H,14,16)/t8?,9?,10-/m0/s1. The average Bonchev–Trinajstić information content (AvgIpc) is 2.58. The molecule has 2 unspecified atom stereocenters. The topological polar surface area (TPSA) is 75.4 Å². The highest BCUT2D eigenvalue weighted by Crippen LogP contribution is 2.25. The predicted octanol–water partition coefficient (Wildman–Crippen LogP) is 0.637. The number of aliphatic hydroxyl groups is 1. The summed E-state index contributed by atoms with van der Waals surface area (Å²) < 4.78 is 0. The van der Waals surface area contributed by atoms with Crippen molar-refractivity contribution in [2.45, 2.75) is 52.2 Å². The molecule has 3 atom stereocenters. The Morgan fingerprint density at radius 1 is 1.50 bits per heavy atom. The van der Waals surface area contributed by atoms with Gasteiger partial charge in [0.2, 0.25) is 5.91 Å². The molecule has 0 aliphatic heterocycles. The quantitative estimate of drug-likeness (QED) is 0.663. The number of amides is 1. The fraction of sp³-hybridized carbons (Fsp3) is 0.917. The van der Waals surface area contributed by atoms with Crippen LogP contribution in [-0.2, 0) is 4.79 Å². The van der Waals surface area contributed by atoms with E-state index in [2.05, 4.69) is 5.32 Å². The van der Waals surface area contributed by atoms with E-state index in [4.69, 9.17) is 5.73 Å². The van der Waals surface area contributed by atoms with Crippen molar-refractivity contribution in [1.29, 1.82) is 0 Å². The Bertz CT molecular complexity index is 248. The fourth-order valence-electron chi connectivity index (χ4n) is 1.99. The molecule has 1 aliphatic rings. The van der Waals surface area contributed by atoms with E-state index in [0.29, 0.717) is 6.54 Å². The second kappa shape index (κ2) is 5.15. The van der Waals surface area contributed by atoms with Gasteiger partial charge >= 0.3 is 0 Å². The van der Waals surface area contributed by atoms with Gasteiger partial charge in [-0.15, -0.1) is 0 Å². The van der Waals surface area contributed by atoms with E-state index in [-0.39, 0.29) is 23.3 Å². The van der Waals surface area contributed by atoms with Gasteiger partial charge in [-0.3, -0.25) is 4.79 Å². The maximum Gasteiger partial charge on any atom is 0.237 e. The number of aliphatic hydroxyl groups excluding tert-OH is 1.